The van der Waals surface area contributed by atoms with Gasteiger partial charge in [-0.3, -0.25) is 0 Å². The molecule has 1 aliphatic heterocycles. The molecule has 4 unspecified atom stereocenters. The molecule has 9 heteroatoms. The number of aliphatic hydroxyl groups is 2. The second kappa shape index (κ2) is 4.63. The molecule has 9 nitrogen and oxygen atoms in total. The van der Waals surface area contributed by atoms with E-state index in [1.165, 1.54) is 17.0 Å². The molecular weight excluding hydrogens is 276 g/mol. The lowest BCUT2D eigenvalue weighted by Crippen LogP contribution is -2.34. The van der Waals surface area contributed by atoms with Crippen LogP contribution < -0.4 is 5.73 Å². The molecule has 0 aromatic carbocycles. The van der Waals surface area contributed by atoms with Gasteiger partial charge < -0.3 is 20.7 Å². The average molecular weight is 290 g/mol. The van der Waals surface area contributed by atoms with Crippen molar-refractivity contribution in [2.75, 3.05) is 12.3 Å². The van der Waals surface area contributed by atoms with Gasteiger partial charge in [0.25, 0.3) is 0 Å². The van der Waals surface area contributed by atoms with Crippen LogP contribution in [0.15, 0.2) is 12.5 Å². The van der Waals surface area contributed by atoms with E-state index in [2.05, 4.69) is 21.1 Å². The molecule has 0 amide bonds. The van der Waals surface area contributed by atoms with Crippen molar-refractivity contribution in [1.29, 1.82) is 5.26 Å². The van der Waals surface area contributed by atoms with Crippen LogP contribution in [-0.2, 0) is 10.3 Å². The zero-order valence-corrected chi connectivity index (χ0v) is 11.2. The summed E-state index contributed by atoms with van der Waals surface area (Å²) in [4.78, 5) is 7.93. The van der Waals surface area contributed by atoms with Crippen LogP contribution in [0.25, 0.3) is 5.65 Å². The molecule has 1 fully saturated rings. The molecule has 110 valence electrons. The number of nitriles is 1. The van der Waals surface area contributed by atoms with Crippen molar-refractivity contribution in [2.24, 2.45) is 5.92 Å². The molecular formula is C12H14N6O3. The summed E-state index contributed by atoms with van der Waals surface area (Å²) >= 11 is 0. The number of ether oxygens (including phenoxy) is 1. The van der Waals surface area contributed by atoms with Crippen molar-refractivity contribution in [3.05, 3.63) is 18.2 Å². The number of fused-ring (bicyclic) bond motifs is 1. The van der Waals surface area contributed by atoms with Crippen molar-refractivity contribution >= 4 is 11.5 Å². The third-order valence-electron chi connectivity index (χ3n) is 3.93. The number of anilines is 1. The predicted molar refractivity (Wildman–Crippen MR) is 69.6 cm³/mol. The summed E-state index contributed by atoms with van der Waals surface area (Å²) in [6, 6.07) is 2.08. The van der Waals surface area contributed by atoms with E-state index in [-0.39, 0.29) is 12.4 Å². The van der Waals surface area contributed by atoms with Gasteiger partial charge in [0.2, 0.25) is 5.60 Å². The van der Waals surface area contributed by atoms with Gasteiger partial charge in [-0.25, -0.2) is 14.5 Å². The molecule has 21 heavy (non-hydrogen) atoms. The van der Waals surface area contributed by atoms with E-state index in [9.17, 15) is 15.5 Å². The number of imidazole rings is 1. The van der Waals surface area contributed by atoms with Crippen LogP contribution in [0.1, 0.15) is 12.6 Å². The summed E-state index contributed by atoms with van der Waals surface area (Å²) in [7, 11) is 0. The SMILES string of the molecule is CC1C(O)C(CO)OC1(C#N)c1cnc2c(N)ncnn12. The Morgan fingerprint density at radius 3 is 2.95 bits per heavy atom. The van der Waals surface area contributed by atoms with Gasteiger partial charge in [-0.15, -0.1) is 0 Å². The van der Waals surface area contributed by atoms with Gasteiger partial charge in [0.05, 0.1) is 18.9 Å². The molecule has 3 rings (SSSR count). The number of nitrogen functional groups attached to an aromatic ring is 1. The normalized spacial score (nSPS) is 32.4. The molecule has 1 aliphatic rings. The van der Waals surface area contributed by atoms with Crippen LogP contribution in [0.5, 0.6) is 0 Å². The van der Waals surface area contributed by atoms with Crippen molar-refractivity contribution in [3.63, 3.8) is 0 Å². The van der Waals surface area contributed by atoms with Crippen molar-refractivity contribution in [1.82, 2.24) is 19.6 Å². The maximum Gasteiger partial charge on any atom is 0.203 e. The van der Waals surface area contributed by atoms with Crippen molar-refractivity contribution < 1.29 is 14.9 Å². The number of hydrogen-bond acceptors (Lipinski definition) is 8. The summed E-state index contributed by atoms with van der Waals surface area (Å²) in [5, 5.41) is 33.1. The predicted octanol–water partition coefficient (Wildman–Crippen LogP) is -1.19. The zero-order valence-electron chi connectivity index (χ0n) is 11.2. The fraction of sp³-hybridized carbons (Fsp3) is 0.500. The maximum absolute atomic E-state index is 10.1. The number of aromatic nitrogens is 4. The Kier molecular flexibility index (Phi) is 3.02. The number of aliphatic hydroxyl groups excluding tert-OH is 2. The minimum Gasteiger partial charge on any atom is -0.394 e. The highest BCUT2D eigenvalue weighted by Gasteiger charge is 2.55. The lowest BCUT2D eigenvalue weighted by Gasteiger charge is -2.24. The molecule has 4 atom stereocenters. The fourth-order valence-electron chi connectivity index (χ4n) is 2.69. The van der Waals surface area contributed by atoms with Crippen LogP contribution in [0, 0.1) is 17.2 Å². The van der Waals surface area contributed by atoms with Gasteiger partial charge in [-0.2, -0.15) is 10.4 Å². The van der Waals surface area contributed by atoms with Crippen molar-refractivity contribution in [2.45, 2.75) is 24.7 Å². The van der Waals surface area contributed by atoms with Crippen LogP contribution in [0.4, 0.5) is 5.82 Å². The summed E-state index contributed by atoms with van der Waals surface area (Å²) in [6.45, 7) is 1.29. The van der Waals surface area contributed by atoms with E-state index in [0.29, 0.717) is 11.3 Å². The van der Waals surface area contributed by atoms with Crippen LogP contribution in [0.3, 0.4) is 0 Å². The number of nitrogens with zero attached hydrogens (tertiary/aromatic N) is 5. The Morgan fingerprint density at radius 2 is 2.33 bits per heavy atom. The monoisotopic (exact) mass is 290 g/mol. The highest BCUT2D eigenvalue weighted by molar-refractivity contribution is 5.59. The number of nitrogens with two attached hydrogens (primary N) is 1. The molecule has 0 radical (unpaired) electrons. The first-order valence-electron chi connectivity index (χ1n) is 6.38. The molecule has 3 heterocycles. The Bertz CT molecular complexity index is 725. The highest BCUT2D eigenvalue weighted by atomic mass is 16.5. The highest BCUT2D eigenvalue weighted by Crippen LogP contribution is 2.43. The maximum atomic E-state index is 10.1. The largest absolute Gasteiger partial charge is 0.394 e. The van der Waals surface area contributed by atoms with Gasteiger partial charge in [0, 0.05) is 5.92 Å². The zero-order chi connectivity index (χ0) is 15.2. The standard InChI is InChI=1S/C12H14N6O3/c1-6-9(20)7(3-19)21-12(6,4-13)8-2-15-11-10(14)16-5-17-18(8)11/h2,5-7,9,19-20H,3H2,1H3,(H2,14,16,17). The molecule has 1 saturated heterocycles. The Hall–Kier alpha value is -2.28. The Balaban J connectivity index is 2.20. The molecule has 0 saturated carbocycles. The van der Waals surface area contributed by atoms with Crippen LogP contribution in [-0.4, -0.2) is 48.6 Å². The Morgan fingerprint density at radius 1 is 1.57 bits per heavy atom. The molecule has 4 N–H and O–H groups in total. The second-order valence-electron chi connectivity index (χ2n) is 4.99. The van der Waals surface area contributed by atoms with Crippen LogP contribution in [0.2, 0.25) is 0 Å². The van der Waals surface area contributed by atoms with Gasteiger partial charge in [-0.1, -0.05) is 6.92 Å². The molecule has 2 aromatic rings. The average Bonchev–Trinajstić information content (AvgIpc) is 3.03. The van der Waals surface area contributed by atoms with Gasteiger partial charge >= 0.3 is 0 Å². The third kappa shape index (κ3) is 1.70. The summed E-state index contributed by atoms with van der Waals surface area (Å²) in [5.74, 6) is -0.398. The minimum absolute atomic E-state index is 0.175. The van der Waals surface area contributed by atoms with E-state index in [0.717, 1.165) is 0 Å². The van der Waals surface area contributed by atoms with Gasteiger partial charge in [0.1, 0.15) is 24.2 Å². The van der Waals surface area contributed by atoms with E-state index < -0.39 is 23.7 Å². The fourth-order valence-corrected chi connectivity index (χ4v) is 2.69. The summed E-state index contributed by atoms with van der Waals surface area (Å²) < 4.78 is 7.01. The van der Waals surface area contributed by atoms with E-state index >= 15 is 0 Å². The first-order chi connectivity index (χ1) is 10.0. The molecule has 0 bridgehead atoms. The van der Waals surface area contributed by atoms with Gasteiger partial charge in [0.15, 0.2) is 11.5 Å². The number of hydrogen-bond donors (Lipinski definition) is 3. The Labute approximate surface area is 119 Å². The lowest BCUT2D eigenvalue weighted by atomic mass is 9.85. The minimum atomic E-state index is -1.47. The van der Waals surface area contributed by atoms with Crippen LogP contribution >= 0.6 is 0 Å². The molecule has 0 spiro atoms. The van der Waals surface area contributed by atoms with E-state index in [1.54, 1.807) is 6.92 Å². The quantitative estimate of drug-likeness (QED) is 0.626. The van der Waals surface area contributed by atoms with Crippen molar-refractivity contribution in [3.8, 4) is 6.07 Å². The van der Waals surface area contributed by atoms with E-state index in [1.807, 2.05) is 0 Å². The molecule has 2 aromatic heterocycles. The van der Waals surface area contributed by atoms with E-state index in [4.69, 9.17) is 10.5 Å². The number of rotatable bonds is 2. The first kappa shape index (κ1) is 13.7. The summed E-state index contributed by atoms with van der Waals surface area (Å²) in [6.07, 6.45) is 0.855. The first-order valence-corrected chi connectivity index (χ1v) is 6.38. The second-order valence-corrected chi connectivity index (χ2v) is 4.99. The third-order valence-corrected chi connectivity index (χ3v) is 3.93. The van der Waals surface area contributed by atoms with Gasteiger partial charge in [-0.05, 0) is 0 Å². The smallest absolute Gasteiger partial charge is 0.203 e. The topological polar surface area (TPSA) is 143 Å². The summed E-state index contributed by atoms with van der Waals surface area (Å²) in [5.41, 5.74) is 4.90. The molecule has 0 aliphatic carbocycles. The lowest BCUT2D eigenvalue weighted by molar-refractivity contribution is -0.0546.